The van der Waals surface area contributed by atoms with Crippen molar-refractivity contribution in [2.45, 2.75) is 30.7 Å². The molecule has 0 saturated carbocycles. The summed E-state index contributed by atoms with van der Waals surface area (Å²) < 4.78 is 81.1. The lowest BCUT2D eigenvalue weighted by Gasteiger charge is -2.23. The molecule has 1 heterocycles. The number of aromatic nitrogens is 1. The molecule has 4 rings (SSSR count). The van der Waals surface area contributed by atoms with E-state index in [1.807, 2.05) is 60.7 Å². The van der Waals surface area contributed by atoms with E-state index in [0.29, 0.717) is 13.1 Å². The number of alkyl halides is 6. The van der Waals surface area contributed by atoms with Gasteiger partial charge in [0.05, 0.1) is 17.3 Å². The zero-order valence-corrected chi connectivity index (χ0v) is 22.6. The van der Waals surface area contributed by atoms with E-state index >= 15 is 0 Å². The second kappa shape index (κ2) is 14.0. The van der Waals surface area contributed by atoms with Crippen molar-refractivity contribution >= 4 is 0 Å². The SMILES string of the molecule is OCCC(CNCCNC(c1ccccc1)c1ccccc1)c1ccc(-c2ccc(C(F)(F)F)cc2)nc1C(F)(F)F. The second-order valence-corrected chi connectivity index (χ2v) is 9.83. The number of benzene rings is 3. The summed E-state index contributed by atoms with van der Waals surface area (Å²) in [4.78, 5) is 3.82. The molecule has 3 N–H and O–H groups in total. The van der Waals surface area contributed by atoms with E-state index in [1.54, 1.807) is 0 Å². The maximum absolute atomic E-state index is 14.1. The Balaban J connectivity index is 1.46. The fraction of sp³-hybridized carbons (Fsp3) is 0.281. The Morgan fingerprint density at radius 1 is 0.690 bits per heavy atom. The highest BCUT2D eigenvalue weighted by atomic mass is 19.4. The number of nitrogens with one attached hydrogen (secondary N) is 2. The fourth-order valence-electron chi connectivity index (χ4n) is 4.84. The highest BCUT2D eigenvalue weighted by molar-refractivity contribution is 5.60. The van der Waals surface area contributed by atoms with E-state index in [4.69, 9.17) is 0 Å². The van der Waals surface area contributed by atoms with Crippen LogP contribution >= 0.6 is 0 Å². The van der Waals surface area contributed by atoms with Crippen molar-refractivity contribution in [3.63, 3.8) is 0 Å². The monoisotopic (exact) mass is 587 g/mol. The van der Waals surface area contributed by atoms with Crippen LogP contribution in [0.4, 0.5) is 26.3 Å². The molecule has 3 aromatic carbocycles. The molecule has 0 bridgehead atoms. The zero-order valence-electron chi connectivity index (χ0n) is 22.6. The van der Waals surface area contributed by atoms with Crippen LogP contribution < -0.4 is 10.6 Å². The summed E-state index contributed by atoms with van der Waals surface area (Å²) >= 11 is 0. The van der Waals surface area contributed by atoms with Gasteiger partial charge in [-0.25, -0.2) is 4.98 Å². The number of pyridine rings is 1. The van der Waals surface area contributed by atoms with Crippen LogP contribution in [0.1, 0.15) is 46.3 Å². The third-order valence-corrected chi connectivity index (χ3v) is 6.93. The van der Waals surface area contributed by atoms with Crippen LogP contribution in [0.2, 0.25) is 0 Å². The number of aliphatic hydroxyl groups is 1. The fourth-order valence-corrected chi connectivity index (χ4v) is 4.84. The van der Waals surface area contributed by atoms with E-state index < -0.39 is 29.5 Å². The van der Waals surface area contributed by atoms with Gasteiger partial charge in [0.1, 0.15) is 5.69 Å². The molecule has 0 spiro atoms. The predicted molar refractivity (Wildman–Crippen MR) is 150 cm³/mol. The van der Waals surface area contributed by atoms with Crippen molar-refractivity contribution < 1.29 is 31.4 Å². The van der Waals surface area contributed by atoms with Crippen LogP contribution in [-0.4, -0.2) is 36.3 Å². The molecule has 222 valence electrons. The number of aliphatic hydroxyl groups excluding tert-OH is 1. The summed E-state index contributed by atoms with van der Waals surface area (Å²) in [6.45, 7) is 0.814. The molecule has 0 amide bonds. The molecule has 4 aromatic rings. The first kappa shape index (κ1) is 31.2. The Labute approximate surface area is 240 Å². The quantitative estimate of drug-likeness (QED) is 0.121. The van der Waals surface area contributed by atoms with Gasteiger partial charge in [-0.05, 0) is 41.3 Å². The van der Waals surface area contributed by atoms with Crippen LogP contribution in [0, 0.1) is 0 Å². The van der Waals surface area contributed by atoms with E-state index in [1.165, 1.54) is 12.1 Å². The first-order valence-corrected chi connectivity index (χ1v) is 13.5. The molecule has 0 aliphatic heterocycles. The van der Waals surface area contributed by atoms with Crippen molar-refractivity contribution in [2.24, 2.45) is 0 Å². The third kappa shape index (κ3) is 8.18. The Morgan fingerprint density at radius 3 is 1.81 bits per heavy atom. The minimum absolute atomic E-state index is 0.0683. The number of halogens is 6. The molecular formula is C32H31F6N3O. The molecule has 0 radical (unpaired) electrons. The van der Waals surface area contributed by atoms with Gasteiger partial charge in [-0.1, -0.05) is 78.9 Å². The Hall–Kier alpha value is -3.73. The van der Waals surface area contributed by atoms with E-state index in [9.17, 15) is 31.4 Å². The number of hydrogen-bond acceptors (Lipinski definition) is 4. The second-order valence-electron chi connectivity index (χ2n) is 9.83. The zero-order chi connectivity index (χ0) is 30.2. The van der Waals surface area contributed by atoms with Gasteiger partial charge in [-0.15, -0.1) is 0 Å². The molecular weight excluding hydrogens is 556 g/mol. The summed E-state index contributed by atoms with van der Waals surface area (Å²) in [5.74, 6) is -0.695. The molecule has 0 saturated heterocycles. The molecule has 0 aliphatic rings. The van der Waals surface area contributed by atoms with Gasteiger partial charge in [0, 0.05) is 37.7 Å². The van der Waals surface area contributed by atoms with Crippen molar-refractivity contribution in [2.75, 3.05) is 26.2 Å². The van der Waals surface area contributed by atoms with Gasteiger partial charge in [0.2, 0.25) is 0 Å². The summed E-state index contributed by atoms with van der Waals surface area (Å²) in [5.41, 5.74) is 0.0978. The highest BCUT2D eigenvalue weighted by Gasteiger charge is 2.37. The predicted octanol–water partition coefficient (Wildman–Crippen LogP) is 7.22. The smallest absolute Gasteiger partial charge is 0.396 e. The van der Waals surface area contributed by atoms with Crippen LogP contribution in [0.3, 0.4) is 0 Å². The van der Waals surface area contributed by atoms with Crippen molar-refractivity contribution in [3.8, 4) is 11.3 Å². The molecule has 0 aliphatic carbocycles. The first-order chi connectivity index (χ1) is 20.1. The molecule has 1 aromatic heterocycles. The highest BCUT2D eigenvalue weighted by Crippen LogP contribution is 2.37. The number of hydrogen-bond donors (Lipinski definition) is 3. The maximum Gasteiger partial charge on any atom is 0.433 e. The summed E-state index contributed by atoms with van der Waals surface area (Å²) in [5, 5.41) is 16.3. The van der Waals surface area contributed by atoms with Gasteiger partial charge in [-0.2, -0.15) is 26.3 Å². The largest absolute Gasteiger partial charge is 0.433 e. The van der Waals surface area contributed by atoms with Crippen LogP contribution in [-0.2, 0) is 12.4 Å². The Morgan fingerprint density at radius 2 is 1.29 bits per heavy atom. The van der Waals surface area contributed by atoms with Crippen molar-refractivity contribution in [3.05, 3.63) is 125 Å². The van der Waals surface area contributed by atoms with Gasteiger partial charge in [0.25, 0.3) is 0 Å². The lowest BCUT2D eigenvalue weighted by molar-refractivity contribution is -0.142. The van der Waals surface area contributed by atoms with E-state index in [2.05, 4.69) is 15.6 Å². The molecule has 1 unspecified atom stereocenters. The third-order valence-electron chi connectivity index (χ3n) is 6.93. The van der Waals surface area contributed by atoms with Crippen LogP contribution in [0.25, 0.3) is 11.3 Å². The van der Waals surface area contributed by atoms with Gasteiger partial charge in [-0.3, -0.25) is 0 Å². The lowest BCUT2D eigenvalue weighted by atomic mass is 9.93. The Bertz CT molecular complexity index is 1350. The topological polar surface area (TPSA) is 57.2 Å². The van der Waals surface area contributed by atoms with Gasteiger partial charge >= 0.3 is 12.4 Å². The summed E-state index contributed by atoms with van der Waals surface area (Å²) in [6, 6.07) is 26.2. The van der Waals surface area contributed by atoms with E-state index in [-0.39, 0.29) is 42.4 Å². The maximum atomic E-state index is 14.1. The molecule has 42 heavy (non-hydrogen) atoms. The van der Waals surface area contributed by atoms with Gasteiger partial charge in [0.15, 0.2) is 0 Å². The number of rotatable bonds is 12. The summed E-state index contributed by atoms with van der Waals surface area (Å²) in [6.07, 6.45) is -9.29. The number of nitrogens with zero attached hydrogens (tertiary/aromatic N) is 1. The van der Waals surface area contributed by atoms with Crippen LogP contribution in [0.5, 0.6) is 0 Å². The van der Waals surface area contributed by atoms with E-state index in [0.717, 1.165) is 35.4 Å². The molecule has 1 atom stereocenters. The average molecular weight is 588 g/mol. The van der Waals surface area contributed by atoms with Crippen molar-refractivity contribution in [1.82, 2.24) is 15.6 Å². The standard InChI is InChI=1S/C32H31F6N3O/c33-31(34,35)26-13-11-22(12-14-26)28-16-15-27(30(41-28)32(36,37)38)25(17-20-42)21-39-18-19-40-29(23-7-3-1-4-8-23)24-9-5-2-6-10-24/h1-16,25,29,39-40,42H,17-21H2. The normalized spacial score (nSPS) is 13.0. The molecule has 4 nitrogen and oxygen atoms in total. The molecule has 10 heteroatoms. The molecule has 0 fully saturated rings. The van der Waals surface area contributed by atoms with Crippen LogP contribution in [0.15, 0.2) is 97.1 Å². The summed E-state index contributed by atoms with van der Waals surface area (Å²) in [7, 11) is 0. The lowest BCUT2D eigenvalue weighted by Crippen LogP contribution is -2.33. The minimum Gasteiger partial charge on any atom is -0.396 e. The van der Waals surface area contributed by atoms with Gasteiger partial charge < -0.3 is 15.7 Å². The average Bonchev–Trinajstić information content (AvgIpc) is 2.98. The van der Waals surface area contributed by atoms with Crippen molar-refractivity contribution in [1.29, 1.82) is 0 Å². The Kier molecular flexibility index (Phi) is 10.4. The minimum atomic E-state index is -4.80. The first-order valence-electron chi connectivity index (χ1n) is 13.5.